The molecule has 2 saturated heterocycles. The van der Waals surface area contributed by atoms with Crippen molar-refractivity contribution in [3.05, 3.63) is 12.7 Å². The molecule has 0 saturated carbocycles. The Balaban J connectivity index is 0.000000646. The summed E-state index contributed by atoms with van der Waals surface area (Å²) in [5.74, 6) is 0.0575. The van der Waals surface area contributed by atoms with Gasteiger partial charge in [-0.25, -0.2) is 24.1 Å². The molecule has 2 aliphatic rings. The highest BCUT2D eigenvalue weighted by atomic mass is 31.3. The Kier molecular flexibility index (Phi) is 13.0. The van der Waals surface area contributed by atoms with Crippen molar-refractivity contribution in [2.75, 3.05) is 18.9 Å². The summed E-state index contributed by atoms with van der Waals surface area (Å²) in [4.78, 5) is 31.3. The number of nitrogens with zero attached hydrogens (tertiary/aromatic N) is 4. The normalized spacial score (nSPS) is 31.8. The molecule has 0 spiro atoms. The number of nitrogens with two attached hydrogens (primary N) is 1. The van der Waals surface area contributed by atoms with Gasteiger partial charge in [0.1, 0.15) is 48.5 Å². The van der Waals surface area contributed by atoms with Crippen molar-refractivity contribution in [1.29, 1.82) is 0 Å². The van der Waals surface area contributed by atoms with E-state index < -0.39 is 78.0 Å². The summed E-state index contributed by atoms with van der Waals surface area (Å²) < 4.78 is 48.8. The summed E-state index contributed by atoms with van der Waals surface area (Å²) in [6.07, 6.45) is -3.09. The van der Waals surface area contributed by atoms with Crippen LogP contribution in [0.2, 0.25) is 0 Å². The maximum atomic E-state index is 12.2. The minimum atomic E-state index is -5.31. The van der Waals surface area contributed by atoms with E-state index in [-0.39, 0.29) is 17.0 Å². The predicted octanol–water partition coefficient (Wildman–Crippen LogP) is -0.306. The number of ether oxygens (including phenoxy) is 2. The van der Waals surface area contributed by atoms with Gasteiger partial charge in [-0.1, -0.05) is 46.0 Å². The van der Waals surface area contributed by atoms with Crippen molar-refractivity contribution in [2.24, 2.45) is 0 Å². The van der Waals surface area contributed by atoms with Crippen molar-refractivity contribution in [1.82, 2.24) is 19.5 Å². The van der Waals surface area contributed by atoms with Crippen LogP contribution in [0.4, 0.5) is 5.82 Å². The van der Waals surface area contributed by atoms with Crippen LogP contribution < -0.4 is 5.73 Å². The molecule has 2 aromatic heterocycles. The van der Waals surface area contributed by atoms with Crippen LogP contribution >= 0.6 is 15.6 Å². The third-order valence-electron chi connectivity index (χ3n) is 6.55. The first-order valence-corrected chi connectivity index (χ1v) is 16.5. The van der Waals surface area contributed by atoms with E-state index >= 15 is 0 Å². The van der Waals surface area contributed by atoms with E-state index in [4.69, 9.17) is 15.2 Å². The van der Waals surface area contributed by atoms with Crippen LogP contribution in [-0.2, 0) is 32.0 Å². The molecule has 246 valence electrons. The average Bonchev–Trinajstić information content (AvgIpc) is 3.57. The fraction of sp³-hybridized carbons (Fsp3) is 0.773. The molecule has 2 fully saturated rings. The first-order valence-electron chi connectivity index (χ1n) is 13.5. The number of phosphoric ester groups is 2. The Hall–Kier alpha value is -1.67. The maximum Gasteiger partial charge on any atom is 0.481 e. The number of aromatic nitrogens is 4. The molecule has 19 nitrogen and oxygen atoms in total. The van der Waals surface area contributed by atoms with E-state index in [1.54, 1.807) is 0 Å². The third kappa shape index (κ3) is 9.42. The molecule has 0 bridgehead atoms. The number of phosphoric acid groups is 2. The van der Waals surface area contributed by atoms with Crippen LogP contribution in [0.5, 0.6) is 0 Å². The highest BCUT2D eigenvalue weighted by molar-refractivity contribution is 7.61. The van der Waals surface area contributed by atoms with Crippen LogP contribution in [0, 0.1) is 0 Å². The minimum absolute atomic E-state index is 0.0575. The van der Waals surface area contributed by atoms with Crippen LogP contribution in [0.1, 0.15) is 52.2 Å². The molecule has 2 aromatic rings. The number of imidazole rings is 1. The second-order valence-corrected chi connectivity index (χ2v) is 12.9. The van der Waals surface area contributed by atoms with Crippen molar-refractivity contribution in [2.45, 2.75) is 95.1 Å². The van der Waals surface area contributed by atoms with Gasteiger partial charge in [-0.2, -0.15) is 4.31 Å². The van der Waals surface area contributed by atoms with E-state index in [2.05, 4.69) is 42.2 Å². The summed E-state index contributed by atoms with van der Waals surface area (Å²) in [7, 11) is -10.6. The van der Waals surface area contributed by atoms with E-state index in [1.165, 1.54) is 43.0 Å². The van der Waals surface area contributed by atoms with Gasteiger partial charge in [0.15, 0.2) is 24.0 Å². The standard InChI is InChI=1S/C15H23N5O14P2.C7H16/c16-12-7-13(18-3-17-12)20(4-19-7)14-10(23)8(21)5(32-14)1-30-35(26,27)34-36(28,29)31-2-6-9(22)11(24)15(25)33-6;1-3-5-7-6-4-2/h3-6,8-11,14-15,21-25H,1-2H2,(H,26,27)(H,28,29)(H2,16,17,18);3-7H2,1-2H3/t5-,6-,8-,9-,10-,11-,14-,15+;/m1./s1. The predicted molar refractivity (Wildman–Crippen MR) is 146 cm³/mol. The quantitative estimate of drug-likeness (QED) is 0.101. The zero-order valence-electron chi connectivity index (χ0n) is 23.5. The molecular formula is C22H39N5O14P2. The number of fused-ring (bicyclic) bond motifs is 1. The van der Waals surface area contributed by atoms with Gasteiger partial charge >= 0.3 is 15.6 Å². The number of rotatable bonds is 13. The summed E-state index contributed by atoms with van der Waals surface area (Å²) in [6.45, 7) is 2.70. The first-order chi connectivity index (χ1) is 20.2. The summed E-state index contributed by atoms with van der Waals surface area (Å²) in [5, 5.41) is 49.0. The maximum absolute atomic E-state index is 12.2. The van der Waals surface area contributed by atoms with Crippen LogP contribution in [-0.4, -0.2) is 111 Å². The molecule has 10 atom stereocenters. The molecular weight excluding hydrogens is 620 g/mol. The average molecular weight is 660 g/mol. The molecule has 43 heavy (non-hydrogen) atoms. The zero-order chi connectivity index (χ0) is 31.9. The Morgan fingerprint density at radius 3 is 1.93 bits per heavy atom. The van der Waals surface area contributed by atoms with Crippen molar-refractivity contribution in [3.8, 4) is 0 Å². The monoisotopic (exact) mass is 659 g/mol. The molecule has 9 N–H and O–H groups in total. The molecule has 2 aliphatic heterocycles. The van der Waals surface area contributed by atoms with Gasteiger partial charge in [0.05, 0.1) is 19.5 Å². The first kappa shape index (κ1) is 35.8. The van der Waals surface area contributed by atoms with Gasteiger partial charge in [-0.3, -0.25) is 13.6 Å². The van der Waals surface area contributed by atoms with Gasteiger partial charge in [-0.05, 0) is 0 Å². The number of hydrogen-bond donors (Lipinski definition) is 8. The number of hydrogen-bond acceptors (Lipinski definition) is 16. The lowest BCUT2D eigenvalue weighted by Crippen LogP contribution is -2.34. The lowest BCUT2D eigenvalue weighted by atomic mass is 10.1. The molecule has 0 radical (unpaired) electrons. The molecule has 0 aliphatic carbocycles. The lowest BCUT2D eigenvalue weighted by molar-refractivity contribution is -0.132. The Bertz CT molecular complexity index is 1270. The lowest BCUT2D eigenvalue weighted by Gasteiger charge is -2.20. The van der Waals surface area contributed by atoms with Crippen molar-refractivity contribution < 1.29 is 67.3 Å². The highest BCUT2D eigenvalue weighted by Gasteiger charge is 2.47. The zero-order valence-corrected chi connectivity index (χ0v) is 25.3. The summed E-state index contributed by atoms with van der Waals surface area (Å²) in [5.41, 5.74) is 6.09. The van der Waals surface area contributed by atoms with Gasteiger partial charge in [-0.15, -0.1) is 0 Å². The Morgan fingerprint density at radius 2 is 1.40 bits per heavy atom. The van der Waals surface area contributed by atoms with E-state index in [9.17, 15) is 44.4 Å². The van der Waals surface area contributed by atoms with Gasteiger partial charge in [0.25, 0.3) is 0 Å². The fourth-order valence-corrected chi connectivity index (χ4v) is 6.30. The van der Waals surface area contributed by atoms with Gasteiger partial charge in [0.2, 0.25) is 0 Å². The second kappa shape index (κ2) is 15.6. The summed E-state index contributed by atoms with van der Waals surface area (Å²) in [6, 6.07) is 0. The topological polar surface area (TPSA) is 292 Å². The van der Waals surface area contributed by atoms with Gasteiger partial charge < -0.3 is 50.5 Å². The smallest absolute Gasteiger partial charge is 0.387 e. The molecule has 0 amide bonds. The largest absolute Gasteiger partial charge is 0.481 e. The number of aliphatic hydroxyl groups excluding tert-OH is 5. The summed E-state index contributed by atoms with van der Waals surface area (Å²) >= 11 is 0. The van der Waals surface area contributed by atoms with Gasteiger partial charge in [0, 0.05) is 0 Å². The van der Waals surface area contributed by atoms with E-state index in [0.29, 0.717) is 0 Å². The van der Waals surface area contributed by atoms with Crippen molar-refractivity contribution in [3.63, 3.8) is 0 Å². The Morgan fingerprint density at radius 1 is 0.837 bits per heavy atom. The molecule has 2 unspecified atom stereocenters. The number of nitrogen functional groups attached to an aromatic ring is 1. The minimum Gasteiger partial charge on any atom is -0.387 e. The van der Waals surface area contributed by atoms with Crippen LogP contribution in [0.25, 0.3) is 11.2 Å². The van der Waals surface area contributed by atoms with E-state index in [0.717, 1.165) is 6.33 Å². The number of aliphatic hydroxyl groups is 5. The number of anilines is 1. The highest BCUT2D eigenvalue weighted by Crippen LogP contribution is 2.60. The second-order valence-electron chi connectivity index (χ2n) is 9.85. The molecule has 21 heteroatoms. The third-order valence-corrected chi connectivity index (χ3v) is 9.15. The van der Waals surface area contributed by atoms with Crippen molar-refractivity contribution >= 4 is 32.6 Å². The SMILES string of the molecule is CCCCCCC.Nc1ncnc2c1ncn2[C@@H]1O[C@H](COP(=O)(O)OP(=O)(O)OC[C@H]2O[C@H](O)[C@H](O)[C@@H]2O)[C@@H](O)[C@H]1O. The van der Waals surface area contributed by atoms with Crippen LogP contribution in [0.15, 0.2) is 12.7 Å². The molecule has 4 heterocycles. The van der Waals surface area contributed by atoms with Crippen LogP contribution in [0.3, 0.4) is 0 Å². The Labute approximate surface area is 246 Å². The molecule has 0 aromatic carbocycles. The van der Waals surface area contributed by atoms with E-state index in [1.807, 2.05) is 0 Å². The fourth-order valence-electron chi connectivity index (χ4n) is 4.21. The molecule has 4 rings (SSSR count). The number of unbranched alkanes of at least 4 members (excludes halogenated alkanes) is 4.